The number of hydrazine groups is 1. The van der Waals surface area contributed by atoms with E-state index in [1.54, 1.807) is 13.0 Å². The second-order valence-corrected chi connectivity index (χ2v) is 5.45. The molecule has 26 heavy (non-hydrogen) atoms. The Kier molecular flexibility index (Phi) is 6.75. The van der Waals surface area contributed by atoms with Crippen molar-refractivity contribution in [2.45, 2.75) is 6.92 Å². The number of aromatic nitrogens is 2. The zero-order valence-corrected chi connectivity index (χ0v) is 14.9. The highest BCUT2D eigenvalue weighted by Gasteiger charge is 2.24. The fourth-order valence-electron chi connectivity index (χ4n) is 1.76. The van der Waals surface area contributed by atoms with Crippen molar-refractivity contribution in [2.75, 3.05) is 18.6 Å². The van der Waals surface area contributed by atoms with Crippen LogP contribution < -0.4 is 20.3 Å². The molecule has 0 unspecified atom stereocenters. The van der Waals surface area contributed by atoms with Gasteiger partial charge in [-0.3, -0.25) is 25.8 Å². The number of rotatable bonds is 8. The average molecular weight is 402 g/mol. The van der Waals surface area contributed by atoms with Crippen LogP contribution in [0.1, 0.15) is 6.92 Å². The molecule has 1 heterocycles. The van der Waals surface area contributed by atoms with E-state index in [-0.39, 0.29) is 29.1 Å². The molecule has 2 aromatic rings. The molecule has 0 aliphatic carbocycles. The van der Waals surface area contributed by atoms with E-state index < -0.39 is 23.1 Å². The molecule has 0 saturated heterocycles. The van der Waals surface area contributed by atoms with Crippen molar-refractivity contribution in [3.05, 3.63) is 44.7 Å². The number of amides is 1. The number of benzene rings is 1. The summed E-state index contributed by atoms with van der Waals surface area (Å²) in [6.45, 7) is 1.44. The maximum absolute atomic E-state index is 11.8. The molecule has 1 aromatic carbocycles. The number of hydrogen-bond donors (Lipinski definition) is 2. The Morgan fingerprint density at radius 3 is 2.73 bits per heavy atom. The van der Waals surface area contributed by atoms with Crippen molar-refractivity contribution in [2.24, 2.45) is 0 Å². The summed E-state index contributed by atoms with van der Waals surface area (Å²) in [5, 5.41) is 11.8. The van der Waals surface area contributed by atoms with Crippen LogP contribution >= 0.6 is 23.2 Å². The first kappa shape index (κ1) is 19.5. The van der Waals surface area contributed by atoms with Gasteiger partial charge in [0.2, 0.25) is 5.82 Å². The number of hydrogen-bond acceptors (Lipinski definition) is 8. The number of halogens is 2. The zero-order valence-electron chi connectivity index (χ0n) is 13.4. The first-order chi connectivity index (χ1) is 12.4. The molecule has 12 heteroatoms. The van der Waals surface area contributed by atoms with Gasteiger partial charge in [-0.15, -0.1) is 0 Å². The Morgan fingerprint density at radius 2 is 2.08 bits per heavy atom. The highest BCUT2D eigenvalue weighted by molar-refractivity contribution is 6.35. The Morgan fingerprint density at radius 1 is 1.31 bits per heavy atom. The quantitative estimate of drug-likeness (QED) is 0.509. The first-order valence-electron chi connectivity index (χ1n) is 7.17. The minimum atomic E-state index is -0.719. The van der Waals surface area contributed by atoms with E-state index in [0.29, 0.717) is 5.02 Å². The van der Waals surface area contributed by atoms with Crippen molar-refractivity contribution in [3.8, 4) is 11.6 Å². The third kappa shape index (κ3) is 5.07. The average Bonchev–Trinajstić information content (AvgIpc) is 2.59. The van der Waals surface area contributed by atoms with Crippen LogP contribution in [-0.2, 0) is 4.79 Å². The Labute approximate surface area is 157 Å². The van der Waals surface area contributed by atoms with Gasteiger partial charge in [0.25, 0.3) is 11.8 Å². The number of carbonyl (C=O) groups excluding carboxylic acids is 1. The molecule has 1 amide bonds. The second-order valence-electron chi connectivity index (χ2n) is 4.60. The van der Waals surface area contributed by atoms with Gasteiger partial charge in [-0.2, -0.15) is 4.98 Å². The number of anilines is 1. The summed E-state index contributed by atoms with van der Waals surface area (Å²) in [4.78, 5) is 29.7. The number of nitrogens with one attached hydrogen (secondary N) is 2. The normalized spacial score (nSPS) is 10.1. The van der Waals surface area contributed by atoms with Gasteiger partial charge in [0.15, 0.2) is 6.61 Å². The van der Waals surface area contributed by atoms with Crippen molar-refractivity contribution < 1.29 is 19.2 Å². The van der Waals surface area contributed by atoms with Crippen LogP contribution in [0.25, 0.3) is 0 Å². The van der Waals surface area contributed by atoms with Crippen LogP contribution in [0.5, 0.6) is 11.6 Å². The SMILES string of the molecule is CCOc1ncnc(NNC(=O)COc2ccc(Cl)cc2Cl)c1[N+](=O)[O-]. The van der Waals surface area contributed by atoms with Gasteiger partial charge in [-0.1, -0.05) is 23.2 Å². The number of carbonyl (C=O) groups is 1. The third-order valence-corrected chi connectivity index (χ3v) is 3.36. The third-order valence-electron chi connectivity index (χ3n) is 2.83. The number of ether oxygens (including phenoxy) is 2. The summed E-state index contributed by atoms with van der Waals surface area (Å²) >= 11 is 11.7. The molecule has 1 aromatic heterocycles. The molecule has 2 N–H and O–H groups in total. The largest absolute Gasteiger partial charge is 0.482 e. The minimum Gasteiger partial charge on any atom is -0.482 e. The molecular formula is C14H13Cl2N5O5. The summed E-state index contributed by atoms with van der Waals surface area (Å²) in [7, 11) is 0. The molecule has 0 aliphatic heterocycles. The Balaban J connectivity index is 1.98. The minimum absolute atomic E-state index is 0.180. The summed E-state index contributed by atoms with van der Waals surface area (Å²) in [6, 6.07) is 4.53. The van der Waals surface area contributed by atoms with Crippen molar-refractivity contribution in [3.63, 3.8) is 0 Å². The molecule has 0 spiro atoms. The van der Waals surface area contributed by atoms with Crippen molar-refractivity contribution in [1.29, 1.82) is 0 Å². The number of nitro groups is 1. The zero-order chi connectivity index (χ0) is 19.1. The molecule has 138 valence electrons. The summed E-state index contributed by atoms with van der Waals surface area (Å²) in [5.74, 6) is -0.806. The summed E-state index contributed by atoms with van der Waals surface area (Å²) < 4.78 is 10.3. The standard InChI is InChI=1S/C14H13Cl2N5O5/c1-2-25-14-12(21(23)24)13(17-7-18-14)20-19-11(22)6-26-10-4-3-8(15)5-9(10)16/h3-5,7H,2,6H2,1H3,(H,19,22)(H,17,18,20). The van der Waals surface area contributed by atoms with E-state index >= 15 is 0 Å². The van der Waals surface area contributed by atoms with E-state index in [1.807, 2.05) is 0 Å². The van der Waals surface area contributed by atoms with Gasteiger partial charge >= 0.3 is 5.69 Å². The fraction of sp³-hybridized carbons (Fsp3) is 0.214. The lowest BCUT2D eigenvalue weighted by Gasteiger charge is -2.11. The molecule has 0 radical (unpaired) electrons. The van der Waals surface area contributed by atoms with Crippen LogP contribution in [0.4, 0.5) is 11.5 Å². The lowest BCUT2D eigenvalue weighted by atomic mass is 10.3. The van der Waals surface area contributed by atoms with E-state index in [2.05, 4.69) is 20.8 Å². The molecular weight excluding hydrogens is 389 g/mol. The van der Waals surface area contributed by atoms with E-state index in [1.165, 1.54) is 12.1 Å². The lowest BCUT2D eigenvalue weighted by Crippen LogP contribution is -2.34. The maximum atomic E-state index is 11.8. The lowest BCUT2D eigenvalue weighted by molar-refractivity contribution is -0.385. The van der Waals surface area contributed by atoms with Crippen LogP contribution in [0.2, 0.25) is 10.0 Å². The van der Waals surface area contributed by atoms with Gasteiger partial charge in [-0.25, -0.2) is 4.98 Å². The van der Waals surface area contributed by atoms with Crippen LogP contribution in [0.15, 0.2) is 24.5 Å². The van der Waals surface area contributed by atoms with Crippen molar-refractivity contribution >= 4 is 40.6 Å². The Bertz CT molecular complexity index is 820. The molecule has 0 aliphatic rings. The first-order valence-corrected chi connectivity index (χ1v) is 7.92. The molecule has 10 nitrogen and oxygen atoms in total. The van der Waals surface area contributed by atoms with Crippen LogP contribution in [0.3, 0.4) is 0 Å². The second kappa shape index (κ2) is 9.02. The predicted octanol–water partition coefficient (Wildman–Crippen LogP) is 2.61. The fourth-order valence-corrected chi connectivity index (χ4v) is 2.22. The van der Waals surface area contributed by atoms with Crippen molar-refractivity contribution in [1.82, 2.24) is 15.4 Å². The van der Waals surface area contributed by atoms with Crippen LogP contribution in [-0.4, -0.2) is 34.0 Å². The van der Waals surface area contributed by atoms with Gasteiger partial charge in [0.05, 0.1) is 16.6 Å². The molecule has 0 atom stereocenters. The molecule has 0 saturated carbocycles. The monoisotopic (exact) mass is 401 g/mol. The van der Waals surface area contributed by atoms with E-state index in [0.717, 1.165) is 6.33 Å². The summed E-state index contributed by atoms with van der Waals surface area (Å²) in [6.07, 6.45) is 1.07. The highest BCUT2D eigenvalue weighted by atomic mass is 35.5. The smallest absolute Gasteiger partial charge is 0.374 e. The predicted molar refractivity (Wildman–Crippen MR) is 93.6 cm³/mol. The van der Waals surface area contributed by atoms with Gasteiger partial charge in [0, 0.05) is 5.02 Å². The molecule has 2 rings (SSSR count). The number of nitrogens with zero attached hydrogens (tertiary/aromatic N) is 3. The maximum Gasteiger partial charge on any atom is 0.374 e. The van der Waals surface area contributed by atoms with Gasteiger partial charge < -0.3 is 9.47 Å². The van der Waals surface area contributed by atoms with E-state index in [4.69, 9.17) is 32.7 Å². The van der Waals surface area contributed by atoms with Gasteiger partial charge in [0.1, 0.15) is 12.1 Å². The topological polar surface area (TPSA) is 129 Å². The van der Waals surface area contributed by atoms with E-state index in [9.17, 15) is 14.9 Å². The molecule has 0 fully saturated rings. The van der Waals surface area contributed by atoms with Crippen LogP contribution in [0, 0.1) is 10.1 Å². The summed E-state index contributed by atoms with van der Waals surface area (Å²) in [5.41, 5.74) is 4.07. The Hall–Kier alpha value is -2.85. The highest BCUT2D eigenvalue weighted by Crippen LogP contribution is 2.30. The van der Waals surface area contributed by atoms with Gasteiger partial charge in [-0.05, 0) is 25.1 Å². The molecule has 0 bridgehead atoms.